The van der Waals surface area contributed by atoms with Gasteiger partial charge in [0.05, 0.1) is 11.6 Å². The zero-order valence-electron chi connectivity index (χ0n) is 20.4. The average molecular weight is 481 g/mol. The first-order valence-electron chi connectivity index (χ1n) is 11.8. The third-order valence-electron chi connectivity index (χ3n) is 5.32. The summed E-state index contributed by atoms with van der Waals surface area (Å²) in [5, 5.41) is 11.8. The Labute approximate surface area is 207 Å². The fraction of sp³-hybridized carbons (Fsp3) is 0.444. The average Bonchev–Trinajstić information content (AvgIpc) is 2.83. The maximum atomic E-state index is 12.1. The predicted octanol–water partition coefficient (Wildman–Crippen LogP) is 5.58. The Bertz CT molecular complexity index is 971. The standard InChI is InChI=1S/C20H23N3OS.C7H13NO/c1-20(2,3)23-25-18-10-8-17(9-11-18)22-19(24)12-7-15-5-4-6-16(13-15)14-21;8-7(9)6-4-2-1-3-5-6/h4-6,8-11,13,23H,7,12H2,1-3H3,(H,22,24);6H,1-5H2,(H2,8,9). The van der Waals surface area contributed by atoms with E-state index in [1.165, 1.54) is 19.3 Å². The summed E-state index contributed by atoms with van der Waals surface area (Å²) in [4.78, 5) is 23.8. The molecule has 2 aromatic rings. The highest BCUT2D eigenvalue weighted by molar-refractivity contribution is 7.97. The number of amides is 2. The lowest BCUT2D eigenvalue weighted by Gasteiger charge is -2.19. The van der Waals surface area contributed by atoms with Crippen molar-refractivity contribution in [2.45, 2.75) is 76.2 Å². The molecule has 1 aliphatic carbocycles. The topological polar surface area (TPSA) is 108 Å². The molecule has 0 aromatic heterocycles. The maximum Gasteiger partial charge on any atom is 0.224 e. The number of primary amides is 1. The van der Waals surface area contributed by atoms with E-state index in [1.54, 1.807) is 18.0 Å². The number of benzene rings is 2. The number of nitriles is 1. The van der Waals surface area contributed by atoms with Crippen molar-refractivity contribution in [1.29, 1.82) is 5.26 Å². The zero-order valence-corrected chi connectivity index (χ0v) is 21.2. The van der Waals surface area contributed by atoms with Crippen LogP contribution in [0.25, 0.3) is 0 Å². The molecule has 0 atom stereocenters. The molecule has 1 fully saturated rings. The molecule has 0 heterocycles. The van der Waals surface area contributed by atoms with E-state index in [0.29, 0.717) is 18.4 Å². The highest BCUT2D eigenvalue weighted by Gasteiger charge is 2.17. The summed E-state index contributed by atoms with van der Waals surface area (Å²) in [5.74, 6) is 0.0593. The summed E-state index contributed by atoms with van der Waals surface area (Å²) in [6.45, 7) is 6.34. The van der Waals surface area contributed by atoms with Crippen LogP contribution in [0.5, 0.6) is 0 Å². The van der Waals surface area contributed by atoms with E-state index in [4.69, 9.17) is 11.0 Å². The minimum atomic E-state index is -0.102. The molecule has 2 aromatic carbocycles. The molecule has 0 saturated heterocycles. The molecule has 1 aliphatic rings. The number of carbonyl (C=O) groups is 2. The van der Waals surface area contributed by atoms with E-state index in [0.717, 1.165) is 29.0 Å². The van der Waals surface area contributed by atoms with Gasteiger partial charge in [0.1, 0.15) is 0 Å². The molecule has 1 saturated carbocycles. The van der Waals surface area contributed by atoms with Gasteiger partial charge >= 0.3 is 0 Å². The highest BCUT2D eigenvalue weighted by atomic mass is 32.2. The first-order chi connectivity index (χ1) is 16.2. The molecule has 0 radical (unpaired) electrons. The molecular formula is C27H36N4O2S. The van der Waals surface area contributed by atoms with Gasteiger partial charge in [-0.05, 0) is 93.9 Å². The van der Waals surface area contributed by atoms with E-state index >= 15 is 0 Å². The van der Waals surface area contributed by atoms with Gasteiger partial charge in [0, 0.05) is 28.5 Å². The SMILES string of the molecule is CC(C)(C)NSc1ccc(NC(=O)CCc2cccc(C#N)c2)cc1.NC(=O)C1CCCCC1. The minimum Gasteiger partial charge on any atom is -0.369 e. The van der Waals surface area contributed by atoms with Crippen LogP contribution in [0.3, 0.4) is 0 Å². The smallest absolute Gasteiger partial charge is 0.224 e. The monoisotopic (exact) mass is 480 g/mol. The van der Waals surface area contributed by atoms with Gasteiger partial charge in [0.25, 0.3) is 0 Å². The lowest BCUT2D eigenvalue weighted by molar-refractivity contribution is -0.122. The summed E-state index contributed by atoms with van der Waals surface area (Å²) in [6, 6.07) is 17.2. The molecule has 7 heteroatoms. The highest BCUT2D eigenvalue weighted by Crippen LogP contribution is 2.23. The molecule has 34 heavy (non-hydrogen) atoms. The summed E-state index contributed by atoms with van der Waals surface area (Å²) in [5.41, 5.74) is 7.57. The number of rotatable bonds is 7. The van der Waals surface area contributed by atoms with E-state index in [1.807, 2.05) is 42.5 Å². The summed E-state index contributed by atoms with van der Waals surface area (Å²) < 4.78 is 3.35. The number of nitrogens with two attached hydrogens (primary N) is 1. The second kappa shape index (κ2) is 13.8. The largest absolute Gasteiger partial charge is 0.369 e. The van der Waals surface area contributed by atoms with Crippen LogP contribution >= 0.6 is 11.9 Å². The molecule has 0 spiro atoms. The van der Waals surface area contributed by atoms with Crippen molar-refractivity contribution in [1.82, 2.24) is 4.72 Å². The Kier molecular flexibility index (Phi) is 11.1. The molecular weight excluding hydrogens is 444 g/mol. The van der Waals surface area contributed by atoms with E-state index < -0.39 is 0 Å². The Morgan fingerprint density at radius 2 is 1.76 bits per heavy atom. The first-order valence-corrected chi connectivity index (χ1v) is 12.6. The van der Waals surface area contributed by atoms with Gasteiger partial charge in [-0.1, -0.05) is 31.4 Å². The number of carbonyl (C=O) groups excluding carboxylic acids is 2. The summed E-state index contributed by atoms with van der Waals surface area (Å²) >= 11 is 1.58. The van der Waals surface area contributed by atoms with Gasteiger partial charge in [-0.3, -0.25) is 14.3 Å². The van der Waals surface area contributed by atoms with Gasteiger partial charge in [0.2, 0.25) is 11.8 Å². The van der Waals surface area contributed by atoms with Crippen LogP contribution in [0.4, 0.5) is 5.69 Å². The molecule has 3 rings (SSSR count). The van der Waals surface area contributed by atoms with Gasteiger partial charge in [-0.15, -0.1) is 0 Å². The number of hydrogen-bond acceptors (Lipinski definition) is 5. The normalized spacial score (nSPS) is 13.8. The predicted molar refractivity (Wildman–Crippen MR) is 139 cm³/mol. The summed E-state index contributed by atoms with van der Waals surface area (Å²) in [6.07, 6.45) is 6.71. The van der Waals surface area contributed by atoms with E-state index in [2.05, 4.69) is 36.9 Å². The summed E-state index contributed by atoms with van der Waals surface area (Å²) in [7, 11) is 0. The van der Waals surface area contributed by atoms with Crippen molar-refractivity contribution in [3.63, 3.8) is 0 Å². The van der Waals surface area contributed by atoms with Crippen LogP contribution in [-0.2, 0) is 16.0 Å². The van der Waals surface area contributed by atoms with Gasteiger partial charge in [0.15, 0.2) is 0 Å². The molecule has 0 aliphatic heterocycles. The molecule has 182 valence electrons. The minimum absolute atomic E-state index is 0.0319. The second-order valence-electron chi connectivity index (χ2n) is 9.58. The van der Waals surface area contributed by atoms with Crippen LogP contribution in [-0.4, -0.2) is 17.4 Å². The van der Waals surface area contributed by atoms with Crippen LogP contribution in [0.1, 0.15) is 70.4 Å². The van der Waals surface area contributed by atoms with Crippen LogP contribution in [0.2, 0.25) is 0 Å². The van der Waals surface area contributed by atoms with E-state index in [9.17, 15) is 9.59 Å². The third-order valence-corrected chi connectivity index (χ3v) is 6.54. The second-order valence-corrected chi connectivity index (χ2v) is 10.5. The van der Waals surface area contributed by atoms with Crippen molar-refractivity contribution in [2.24, 2.45) is 11.7 Å². The molecule has 0 unspecified atom stereocenters. The maximum absolute atomic E-state index is 12.1. The Hall–Kier alpha value is -2.82. The Morgan fingerprint density at radius 1 is 1.09 bits per heavy atom. The number of nitrogens with zero attached hydrogens (tertiary/aromatic N) is 1. The van der Waals surface area contributed by atoms with Crippen LogP contribution < -0.4 is 15.8 Å². The van der Waals surface area contributed by atoms with Gasteiger partial charge in [-0.2, -0.15) is 5.26 Å². The fourth-order valence-corrected chi connectivity index (χ4v) is 4.18. The number of hydrogen-bond donors (Lipinski definition) is 3. The van der Waals surface area contributed by atoms with Gasteiger partial charge < -0.3 is 11.1 Å². The number of aryl methyl sites for hydroxylation is 1. The van der Waals surface area contributed by atoms with Crippen molar-refractivity contribution < 1.29 is 9.59 Å². The molecule has 0 bridgehead atoms. The Morgan fingerprint density at radius 3 is 2.32 bits per heavy atom. The van der Waals surface area contributed by atoms with Crippen molar-refractivity contribution in [3.05, 3.63) is 59.7 Å². The third kappa shape index (κ3) is 10.9. The first kappa shape index (κ1) is 27.4. The van der Waals surface area contributed by atoms with E-state index in [-0.39, 0.29) is 23.3 Å². The fourth-order valence-electron chi connectivity index (χ4n) is 3.48. The Balaban J connectivity index is 0.000000379. The van der Waals surface area contributed by atoms with Gasteiger partial charge in [-0.25, -0.2) is 0 Å². The molecule has 6 nitrogen and oxygen atoms in total. The molecule has 2 amide bonds. The number of anilines is 1. The van der Waals surface area contributed by atoms with Crippen LogP contribution in [0, 0.1) is 17.2 Å². The number of nitrogens with one attached hydrogen (secondary N) is 2. The van der Waals surface area contributed by atoms with Crippen molar-refractivity contribution >= 4 is 29.4 Å². The van der Waals surface area contributed by atoms with Crippen molar-refractivity contribution in [2.75, 3.05) is 5.32 Å². The lowest BCUT2D eigenvalue weighted by Crippen LogP contribution is -2.29. The van der Waals surface area contributed by atoms with Crippen molar-refractivity contribution in [3.8, 4) is 6.07 Å². The lowest BCUT2D eigenvalue weighted by atomic mass is 9.89. The quantitative estimate of drug-likeness (QED) is 0.449. The van der Waals surface area contributed by atoms with Crippen LogP contribution in [0.15, 0.2) is 53.4 Å². The molecule has 4 N–H and O–H groups in total. The zero-order chi connectivity index (χ0) is 25.0.